The zero-order valence-electron chi connectivity index (χ0n) is 9.07. The fourth-order valence-electron chi connectivity index (χ4n) is 1.22. The van der Waals surface area contributed by atoms with Gasteiger partial charge in [-0.3, -0.25) is 0 Å². The van der Waals surface area contributed by atoms with E-state index in [1.54, 1.807) is 6.26 Å². The predicted molar refractivity (Wildman–Crippen MR) is 57.6 cm³/mol. The molecule has 0 unspecified atom stereocenters. The number of aliphatic hydroxyl groups excluding tert-OH is 2. The molecule has 0 atom stereocenters. The highest BCUT2D eigenvalue weighted by molar-refractivity contribution is 4.98. The third-order valence-corrected chi connectivity index (χ3v) is 2.44. The summed E-state index contributed by atoms with van der Waals surface area (Å²) in [4.78, 5) is 0. The highest BCUT2D eigenvalue weighted by Crippen LogP contribution is 2.11. The molecule has 0 amide bonds. The lowest BCUT2D eigenvalue weighted by molar-refractivity contribution is 0.0699. The lowest BCUT2D eigenvalue weighted by atomic mass is 9.93. The molecule has 1 heterocycles. The molecular formula is C11H19NO3. The number of hydrogen-bond acceptors (Lipinski definition) is 4. The molecule has 15 heavy (non-hydrogen) atoms. The van der Waals surface area contributed by atoms with Crippen LogP contribution < -0.4 is 5.32 Å². The quantitative estimate of drug-likeness (QED) is 0.574. The van der Waals surface area contributed by atoms with Crippen molar-refractivity contribution in [1.29, 1.82) is 0 Å². The van der Waals surface area contributed by atoms with Gasteiger partial charge in [-0.25, -0.2) is 0 Å². The van der Waals surface area contributed by atoms with Crippen LogP contribution >= 0.6 is 0 Å². The second-order valence-electron chi connectivity index (χ2n) is 4.13. The fourth-order valence-corrected chi connectivity index (χ4v) is 1.22. The van der Waals surface area contributed by atoms with Crippen LogP contribution in [0.25, 0.3) is 0 Å². The van der Waals surface area contributed by atoms with Crippen molar-refractivity contribution in [3.63, 3.8) is 0 Å². The SMILES string of the molecule is CC(CO)(CO)CNCCc1ccco1. The zero-order valence-corrected chi connectivity index (χ0v) is 9.07. The number of furan rings is 1. The smallest absolute Gasteiger partial charge is 0.105 e. The fraction of sp³-hybridized carbons (Fsp3) is 0.636. The van der Waals surface area contributed by atoms with Crippen LogP contribution in [0.15, 0.2) is 22.8 Å². The molecule has 0 aliphatic carbocycles. The van der Waals surface area contributed by atoms with Gasteiger partial charge in [-0.2, -0.15) is 0 Å². The first kappa shape index (κ1) is 12.2. The summed E-state index contributed by atoms with van der Waals surface area (Å²) in [6.07, 6.45) is 2.47. The summed E-state index contributed by atoms with van der Waals surface area (Å²) in [6, 6.07) is 3.79. The van der Waals surface area contributed by atoms with Crippen LogP contribution in [0.1, 0.15) is 12.7 Å². The van der Waals surface area contributed by atoms with Crippen molar-refractivity contribution in [2.24, 2.45) is 5.41 Å². The minimum absolute atomic E-state index is 0.0166. The maximum absolute atomic E-state index is 9.05. The Hall–Kier alpha value is -0.840. The average molecular weight is 213 g/mol. The van der Waals surface area contributed by atoms with Crippen LogP contribution in [0.4, 0.5) is 0 Å². The molecular weight excluding hydrogens is 194 g/mol. The summed E-state index contributed by atoms with van der Waals surface area (Å²) in [5, 5.41) is 21.3. The maximum Gasteiger partial charge on any atom is 0.105 e. The Labute approximate surface area is 89.9 Å². The van der Waals surface area contributed by atoms with Crippen molar-refractivity contribution in [3.8, 4) is 0 Å². The summed E-state index contributed by atoms with van der Waals surface area (Å²) >= 11 is 0. The first-order valence-electron chi connectivity index (χ1n) is 5.15. The molecule has 0 aromatic carbocycles. The van der Waals surface area contributed by atoms with Crippen LogP contribution in [0, 0.1) is 5.41 Å². The summed E-state index contributed by atoms with van der Waals surface area (Å²) in [7, 11) is 0. The first-order chi connectivity index (χ1) is 7.20. The molecule has 86 valence electrons. The normalized spacial score (nSPS) is 11.9. The summed E-state index contributed by atoms with van der Waals surface area (Å²) in [5.74, 6) is 0.942. The van der Waals surface area contributed by atoms with Gasteiger partial charge in [0.05, 0.1) is 19.5 Å². The van der Waals surface area contributed by atoms with Gasteiger partial charge in [-0.05, 0) is 12.1 Å². The van der Waals surface area contributed by atoms with Gasteiger partial charge in [0.25, 0.3) is 0 Å². The van der Waals surface area contributed by atoms with E-state index in [-0.39, 0.29) is 13.2 Å². The Kier molecular flexibility index (Phi) is 4.81. The van der Waals surface area contributed by atoms with Crippen molar-refractivity contribution in [3.05, 3.63) is 24.2 Å². The van der Waals surface area contributed by atoms with Gasteiger partial charge in [0, 0.05) is 24.9 Å². The molecule has 1 aromatic heterocycles. The number of hydrogen-bond donors (Lipinski definition) is 3. The van der Waals surface area contributed by atoms with Crippen molar-refractivity contribution in [2.75, 3.05) is 26.3 Å². The molecule has 0 saturated carbocycles. The molecule has 4 nitrogen and oxygen atoms in total. The molecule has 0 aliphatic rings. The van der Waals surface area contributed by atoms with E-state index < -0.39 is 5.41 Å². The van der Waals surface area contributed by atoms with E-state index in [0.29, 0.717) is 6.54 Å². The standard InChI is InChI=1S/C11H19NO3/c1-11(8-13,9-14)7-12-5-4-10-3-2-6-15-10/h2-3,6,12-14H,4-5,7-9H2,1H3. The molecule has 3 N–H and O–H groups in total. The monoisotopic (exact) mass is 213 g/mol. The second-order valence-corrected chi connectivity index (χ2v) is 4.13. The topological polar surface area (TPSA) is 65.6 Å². The second kappa shape index (κ2) is 5.90. The van der Waals surface area contributed by atoms with Gasteiger partial charge in [0.2, 0.25) is 0 Å². The van der Waals surface area contributed by atoms with Gasteiger partial charge in [0.15, 0.2) is 0 Å². The van der Waals surface area contributed by atoms with Gasteiger partial charge >= 0.3 is 0 Å². The Morgan fingerprint density at radius 2 is 2.13 bits per heavy atom. The van der Waals surface area contributed by atoms with Gasteiger partial charge in [0.1, 0.15) is 5.76 Å². The van der Waals surface area contributed by atoms with E-state index in [9.17, 15) is 0 Å². The minimum atomic E-state index is -0.441. The first-order valence-corrected chi connectivity index (χ1v) is 5.15. The Morgan fingerprint density at radius 1 is 1.40 bits per heavy atom. The van der Waals surface area contributed by atoms with Crippen molar-refractivity contribution in [1.82, 2.24) is 5.32 Å². The van der Waals surface area contributed by atoms with E-state index in [4.69, 9.17) is 14.6 Å². The minimum Gasteiger partial charge on any atom is -0.469 e. The third kappa shape index (κ3) is 4.03. The van der Waals surface area contributed by atoms with Gasteiger partial charge < -0.3 is 19.9 Å². The van der Waals surface area contributed by atoms with E-state index in [1.165, 1.54) is 0 Å². The van der Waals surface area contributed by atoms with Crippen LogP contribution in [0.2, 0.25) is 0 Å². The average Bonchev–Trinajstić information content (AvgIpc) is 2.77. The molecule has 0 fully saturated rings. The largest absolute Gasteiger partial charge is 0.469 e. The van der Waals surface area contributed by atoms with Crippen molar-refractivity contribution >= 4 is 0 Å². The predicted octanol–water partition coefficient (Wildman–Crippen LogP) is 0.403. The molecule has 1 rings (SSSR count). The molecule has 4 heteroatoms. The lowest BCUT2D eigenvalue weighted by Gasteiger charge is -2.24. The van der Waals surface area contributed by atoms with Crippen LogP contribution in [0.3, 0.4) is 0 Å². The van der Waals surface area contributed by atoms with Crippen LogP contribution in [0.5, 0.6) is 0 Å². The third-order valence-electron chi connectivity index (χ3n) is 2.44. The summed E-state index contributed by atoms with van der Waals surface area (Å²) in [5.41, 5.74) is -0.441. The highest BCUT2D eigenvalue weighted by atomic mass is 16.3. The molecule has 1 aromatic rings. The molecule has 0 saturated heterocycles. The molecule has 0 bridgehead atoms. The van der Waals surface area contributed by atoms with Gasteiger partial charge in [-0.1, -0.05) is 6.92 Å². The summed E-state index contributed by atoms with van der Waals surface area (Å²) < 4.78 is 5.18. The van der Waals surface area contributed by atoms with Crippen molar-refractivity contribution < 1.29 is 14.6 Å². The Balaban J connectivity index is 2.16. The van der Waals surface area contributed by atoms with Crippen molar-refractivity contribution in [2.45, 2.75) is 13.3 Å². The lowest BCUT2D eigenvalue weighted by Crippen LogP contribution is -2.38. The molecule has 0 radical (unpaired) electrons. The molecule has 0 spiro atoms. The Morgan fingerprint density at radius 3 is 2.67 bits per heavy atom. The number of rotatable bonds is 7. The van der Waals surface area contributed by atoms with E-state index >= 15 is 0 Å². The van der Waals surface area contributed by atoms with Gasteiger partial charge in [-0.15, -0.1) is 0 Å². The van der Waals surface area contributed by atoms with E-state index in [2.05, 4.69) is 5.32 Å². The zero-order chi connectivity index (χ0) is 11.1. The van der Waals surface area contributed by atoms with E-state index in [0.717, 1.165) is 18.7 Å². The van der Waals surface area contributed by atoms with Crippen LogP contribution in [-0.2, 0) is 6.42 Å². The summed E-state index contributed by atoms with van der Waals surface area (Å²) in [6.45, 7) is 3.19. The Bertz CT molecular complexity index is 255. The molecule has 0 aliphatic heterocycles. The van der Waals surface area contributed by atoms with E-state index in [1.807, 2.05) is 19.1 Å². The number of aliphatic hydroxyl groups is 2. The number of nitrogens with one attached hydrogen (secondary N) is 1. The maximum atomic E-state index is 9.05. The van der Waals surface area contributed by atoms with Crippen LogP contribution in [-0.4, -0.2) is 36.5 Å². The highest BCUT2D eigenvalue weighted by Gasteiger charge is 2.21.